The molecule has 128 valence electrons. The van der Waals surface area contributed by atoms with Gasteiger partial charge in [-0.2, -0.15) is 0 Å². The van der Waals surface area contributed by atoms with Gasteiger partial charge in [0.25, 0.3) is 0 Å². The van der Waals surface area contributed by atoms with Crippen molar-refractivity contribution in [3.8, 4) is 11.4 Å². The summed E-state index contributed by atoms with van der Waals surface area (Å²) in [5, 5.41) is 3.00. The van der Waals surface area contributed by atoms with Gasteiger partial charge in [0.1, 0.15) is 11.6 Å². The van der Waals surface area contributed by atoms with Crippen molar-refractivity contribution >= 4 is 22.8 Å². The van der Waals surface area contributed by atoms with E-state index in [1.165, 1.54) is 0 Å². The van der Waals surface area contributed by atoms with Gasteiger partial charge in [-0.3, -0.25) is 4.79 Å². The molecule has 2 N–H and O–H groups in total. The molecule has 4 rings (SSSR count). The van der Waals surface area contributed by atoms with Gasteiger partial charge in [-0.05, 0) is 37.1 Å². The van der Waals surface area contributed by atoms with Crippen molar-refractivity contribution in [3.63, 3.8) is 0 Å². The van der Waals surface area contributed by atoms with Crippen molar-refractivity contribution in [2.24, 2.45) is 0 Å². The van der Waals surface area contributed by atoms with Crippen LogP contribution in [0.3, 0.4) is 0 Å². The van der Waals surface area contributed by atoms with Crippen LogP contribution in [0.25, 0.3) is 22.4 Å². The summed E-state index contributed by atoms with van der Waals surface area (Å²) in [5.74, 6) is 1.86. The molecule has 0 atom stereocenters. The molecule has 1 saturated heterocycles. The van der Waals surface area contributed by atoms with Crippen LogP contribution in [0.2, 0.25) is 0 Å². The third-order valence-electron chi connectivity index (χ3n) is 4.63. The first kappa shape index (κ1) is 15.6. The van der Waals surface area contributed by atoms with E-state index in [-0.39, 0.29) is 11.9 Å². The summed E-state index contributed by atoms with van der Waals surface area (Å²) in [5.41, 5.74) is 3.03. The van der Waals surface area contributed by atoms with Gasteiger partial charge in [-0.1, -0.05) is 12.1 Å². The number of anilines is 1. The zero-order chi connectivity index (χ0) is 17.2. The molecular formula is C19H21N5O. The Morgan fingerprint density at radius 2 is 2.04 bits per heavy atom. The number of nitrogens with zero attached hydrogens (tertiary/aromatic N) is 3. The Balaban J connectivity index is 1.53. The number of piperidine rings is 1. The van der Waals surface area contributed by atoms with Crippen LogP contribution >= 0.6 is 0 Å². The lowest BCUT2D eigenvalue weighted by Crippen LogP contribution is -2.44. The first-order valence-corrected chi connectivity index (χ1v) is 8.62. The Hall–Kier alpha value is -2.89. The number of imidazole rings is 1. The summed E-state index contributed by atoms with van der Waals surface area (Å²) in [6.07, 6.45) is 3.71. The molecule has 25 heavy (non-hydrogen) atoms. The molecule has 1 aliphatic heterocycles. The summed E-state index contributed by atoms with van der Waals surface area (Å²) >= 11 is 0. The number of aromatic amines is 1. The minimum Gasteiger partial charge on any atom is -0.356 e. The minimum atomic E-state index is 0.0449. The van der Waals surface area contributed by atoms with Crippen LogP contribution in [0, 0.1) is 0 Å². The lowest BCUT2D eigenvalue weighted by molar-refractivity contribution is -0.119. The first-order chi connectivity index (χ1) is 12.2. The van der Waals surface area contributed by atoms with E-state index >= 15 is 0 Å². The van der Waals surface area contributed by atoms with Gasteiger partial charge in [0, 0.05) is 37.8 Å². The van der Waals surface area contributed by atoms with Gasteiger partial charge in [-0.15, -0.1) is 0 Å². The van der Waals surface area contributed by atoms with Gasteiger partial charge in [0.05, 0.1) is 11.0 Å². The average Bonchev–Trinajstić information content (AvgIpc) is 3.06. The van der Waals surface area contributed by atoms with Crippen LogP contribution in [-0.4, -0.2) is 40.0 Å². The topological polar surface area (TPSA) is 73.9 Å². The number of benzene rings is 1. The molecule has 1 amide bonds. The van der Waals surface area contributed by atoms with Crippen LogP contribution in [0.15, 0.2) is 42.6 Å². The molecule has 3 aromatic rings. The van der Waals surface area contributed by atoms with Gasteiger partial charge >= 0.3 is 0 Å². The third-order valence-corrected chi connectivity index (χ3v) is 4.63. The highest BCUT2D eigenvalue weighted by atomic mass is 16.1. The number of nitrogens with one attached hydrogen (secondary N) is 2. The van der Waals surface area contributed by atoms with Crippen LogP contribution < -0.4 is 10.2 Å². The monoisotopic (exact) mass is 335 g/mol. The van der Waals surface area contributed by atoms with E-state index in [1.54, 1.807) is 6.92 Å². The maximum absolute atomic E-state index is 11.2. The molecule has 0 saturated carbocycles. The predicted octanol–water partition coefficient (Wildman–Crippen LogP) is 2.73. The van der Waals surface area contributed by atoms with Gasteiger partial charge in [0.15, 0.2) is 0 Å². The number of hydrogen-bond donors (Lipinski definition) is 2. The molecule has 0 spiro atoms. The first-order valence-electron chi connectivity index (χ1n) is 8.62. The summed E-state index contributed by atoms with van der Waals surface area (Å²) in [6.45, 7) is 3.35. The number of aromatic nitrogens is 3. The number of carbonyl (C=O) groups excluding carboxylic acids is 1. The summed E-state index contributed by atoms with van der Waals surface area (Å²) in [7, 11) is 0. The van der Waals surface area contributed by atoms with Crippen molar-refractivity contribution in [2.75, 3.05) is 18.0 Å². The molecule has 1 fully saturated rings. The number of fused-ring (bicyclic) bond motifs is 1. The van der Waals surface area contributed by atoms with Crippen LogP contribution in [-0.2, 0) is 4.79 Å². The second-order valence-electron chi connectivity index (χ2n) is 6.47. The largest absolute Gasteiger partial charge is 0.356 e. The maximum Gasteiger partial charge on any atom is 0.217 e. The van der Waals surface area contributed by atoms with E-state index in [2.05, 4.69) is 31.2 Å². The highest BCUT2D eigenvalue weighted by Crippen LogP contribution is 2.25. The summed E-state index contributed by atoms with van der Waals surface area (Å²) in [6, 6.07) is 12.4. The van der Waals surface area contributed by atoms with E-state index in [9.17, 15) is 4.79 Å². The molecular weight excluding hydrogens is 314 g/mol. The fraction of sp³-hybridized carbons (Fsp3) is 0.316. The second-order valence-corrected chi connectivity index (χ2v) is 6.47. The number of rotatable bonds is 3. The number of hydrogen-bond acceptors (Lipinski definition) is 4. The Morgan fingerprint density at radius 3 is 2.80 bits per heavy atom. The average molecular weight is 335 g/mol. The van der Waals surface area contributed by atoms with Gasteiger partial charge < -0.3 is 15.2 Å². The van der Waals surface area contributed by atoms with Gasteiger partial charge in [0.2, 0.25) is 5.91 Å². The number of para-hydroxylation sites is 2. The van der Waals surface area contributed by atoms with Crippen LogP contribution in [0.4, 0.5) is 5.82 Å². The highest BCUT2D eigenvalue weighted by molar-refractivity contribution is 5.79. The van der Waals surface area contributed by atoms with E-state index in [4.69, 9.17) is 0 Å². The number of amides is 1. The summed E-state index contributed by atoms with van der Waals surface area (Å²) in [4.78, 5) is 26.0. The lowest BCUT2D eigenvalue weighted by atomic mass is 10.0. The zero-order valence-corrected chi connectivity index (χ0v) is 14.2. The molecule has 0 aliphatic carbocycles. The molecule has 6 nitrogen and oxygen atoms in total. The van der Waals surface area contributed by atoms with E-state index in [1.807, 2.05) is 36.5 Å². The fourth-order valence-electron chi connectivity index (χ4n) is 3.37. The van der Waals surface area contributed by atoms with E-state index in [0.717, 1.165) is 54.2 Å². The molecule has 1 aromatic carbocycles. The fourth-order valence-corrected chi connectivity index (χ4v) is 3.37. The van der Waals surface area contributed by atoms with Crippen molar-refractivity contribution in [2.45, 2.75) is 25.8 Å². The Morgan fingerprint density at radius 1 is 1.24 bits per heavy atom. The normalized spacial score (nSPS) is 15.5. The molecule has 0 bridgehead atoms. The van der Waals surface area contributed by atoms with Crippen molar-refractivity contribution in [1.82, 2.24) is 20.3 Å². The zero-order valence-electron chi connectivity index (χ0n) is 14.2. The number of carbonyl (C=O) groups is 1. The van der Waals surface area contributed by atoms with Crippen molar-refractivity contribution in [3.05, 3.63) is 42.6 Å². The molecule has 0 unspecified atom stereocenters. The predicted molar refractivity (Wildman–Crippen MR) is 98.4 cm³/mol. The SMILES string of the molecule is CC(=O)NC1CCN(c2cc(-c3nc4ccccc4[nH]3)ccn2)CC1. The molecule has 2 aromatic heterocycles. The molecule has 3 heterocycles. The maximum atomic E-state index is 11.2. The quantitative estimate of drug-likeness (QED) is 0.772. The lowest BCUT2D eigenvalue weighted by Gasteiger charge is -2.33. The van der Waals surface area contributed by atoms with Crippen molar-refractivity contribution < 1.29 is 4.79 Å². The van der Waals surface area contributed by atoms with E-state index in [0.29, 0.717) is 0 Å². The van der Waals surface area contributed by atoms with Crippen molar-refractivity contribution in [1.29, 1.82) is 0 Å². The standard InChI is InChI=1S/C19H21N5O/c1-13(25)21-15-7-10-24(11-8-15)18-12-14(6-9-20-18)19-22-16-4-2-3-5-17(16)23-19/h2-6,9,12,15H,7-8,10-11H2,1H3,(H,21,25)(H,22,23). The third kappa shape index (κ3) is 3.33. The van der Waals surface area contributed by atoms with E-state index < -0.39 is 0 Å². The molecule has 1 aliphatic rings. The second kappa shape index (κ2) is 6.55. The molecule has 0 radical (unpaired) electrons. The number of pyridine rings is 1. The minimum absolute atomic E-state index is 0.0449. The smallest absolute Gasteiger partial charge is 0.217 e. The van der Waals surface area contributed by atoms with Gasteiger partial charge in [-0.25, -0.2) is 9.97 Å². The molecule has 6 heteroatoms. The Bertz CT molecular complexity index is 862. The van der Waals surface area contributed by atoms with Crippen LogP contribution in [0.5, 0.6) is 0 Å². The number of H-pyrrole nitrogens is 1. The highest BCUT2D eigenvalue weighted by Gasteiger charge is 2.21. The van der Waals surface area contributed by atoms with Crippen LogP contribution in [0.1, 0.15) is 19.8 Å². The Kier molecular flexibility index (Phi) is 4.09. The summed E-state index contributed by atoms with van der Waals surface area (Å²) < 4.78 is 0. The Labute approximate surface area is 146 Å².